The van der Waals surface area contributed by atoms with E-state index in [4.69, 9.17) is 22.1 Å². The average molecular weight is 484 g/mol. The molecule has 1 unspecified atom stereocenters. The minimum absolute atomic E-state index is 0.0690. The molecule has 4 aromatic rings. The summed E-state index contributed by atoms with van der Waals surface area (Å²) in [6.07, 6.45) is 0.680. The lowest BCUT2D eigenvalue weighted by Crippen LogP contribution is -2.34. The number of hydrogen-bond acceptors (Lipinski definition) is 5. The highest BCUT2D eigenvalue weighted by atomic mass is 32.1. The summed E-state index contributed by atoms with van der Waals surface area (Å²) in [4.78, 5) is 13.2. The second-order valence-electron chi connectivity index (χ2n) is 9.45. The third kappa shape index (κ3) is 4.68. The molecule has 9 heteroatoms. The van der Waals surface area contributed by atoms with Crippen LogP contribution in [0.25, 0.3) is 16.7 Å². The van der Waals surface area contributed by atoms with E-state index in [1.54, 1.807) is 28.5 Å². The van der Waals surface area contributed by atoms with E-state index in [0.717, 1.165) is 11.1 Å². The summed E-state index contributed by atoms with van der Waals surface area (Å²) in [6, 6.07) is 13.9. The topological polar surface area (TPSA) is 65.5 Å². The zero-order valence-corrected chi connectivity index (χ0v) is 20.7. The number of halogens is 1. The Labute approximate surface area is 202 Å². The average Bonchev–Trinajstić information content (AvgIpc) is 3.13. The number of methoxy groups -OCH3 is 1. The lowest BCUT2D eigenvalue weighted by Gasteiger charge is -2.32. The zero-order valence-electron chi connectivity index (χ0n) is 19.9. The fourth-order valence-electron chi connectivity index (χ4n) is 4.30. The van der Waals surface area contributed by atoms with Crippen molar-refractivity contribution in [3.63, 3.8) is 0 Å². The SMILES string of the molecule is COCCCn1c(=O)c2ccccc2n2c(=S)n(CNC(c3ccc(F)cc3)C(C)(C)C)nc12. The molecule has 0 radical (unpaired) electrons. The van der Waals surface area contributed by atoms with E-state index in [-0.39, 0.29) is 22.8 Å². The molecule has 0 aliphatic carbocycles. The molecule has 0 aliphatic heterocycles. The normalized spacial score (nSPS) is 13.1. The van der Waals surface area contributed by atoms with Crippen molar-refractivity contribution in [2.45, 2.75) is 46.4 Å². The molecule has 7 nitrogen and oxygen atoms in total. The molecule has 1 N–H and O–H groups in total. The van der Waals surface area contributed by atoms with Crippen molar-refractivity contribution in [2.75, 3.05) is 13.7 Å². The highest BCUT2D eigenvalue weighted by Crippen LogP contribution is 2.32. The van der Waals surface area contributed by atoms with E-state index in [9.17, 15) is 9.18 Å². The van der Waals surface area contributed by atoms with Crippen LogP contribution >= 0.6 is 12.2 Å². The molecule has 0 saturated heterocycles. The van der Waals surface area contributed by atoms with Gasteiger partial charge in [0.15, 0.2) is 0 Å². The van der Waals surface area contributed by atoms with Crippen LogP contribution in [0.3, 0.4) is 0 Å². The van der Waals surface area contributed by atoms with E-state index in [0.29, 0.717) is 42.2 Å². The largest absolute Gasteiger partial charge is 0.385 e. The number of ether oxygens (including phenoxy) is 1. The van der Waals surface area contributed by atoms with E-state index < -0.39 is 0 Å². The number of fused-ring (bicyclic) bond motifs is 3. The molecule has 2 aromatic heterocycles. The summed E-state index contributed by atoms with van der Waals surface area (Å²) in [5, 5.41) is 8.87. The molecule has 0 spiro atoms. The van der Waals surface area contributed by atoms with Crippen LogP contribution in [-0.2, 0) is 18.0 Å². The van der Waals surface area contributed by atoms with Crippen molar-refractivity contribution in [2.24, 2.45) is 5.41 Å². The zero-order chi connectivity index (χ0) is 24.5. The summed E-state index contributed by atoms with van der Waals surface area (Å²) in [5.41, 5.74) is 1.46. The number of aromatic nitrogens is 4. The first-order chi connectivity index (χ1) is 16.2. The van der Waals surface area contributed by atoms with Crippen LogP contribution in [0.15, 0.2) is 53.3 Å². The molecule has 2 heterocycles. The van der Waals surface area contributed by atoms with Gasteiger partial charge in [0.25, 0.3) is 5.56 Å². The Balaban J connectivity index is 1.77. The number of aryl methyl sites for hydroxylation is 1. The fraction of sp³-hybridized carbons (Fsp3) is 0.400. The van der Waals surface area contributed by atoms with E-state index in [1.807, 2.05) is 28.7 Å². The molecular formula is C25H30FN5O2S. The maximum Gasteiger partial charge on any atom is 0.262 e. The van der Waals surface area contributed by atoms with E-state index in [1.165, 1.54) is 12.1 Å². The van der Waals surface area contributed by atoms with Crippen molar-refractivity contribution in [3.05, 3.63) is 75.0 Å². The van der Waals surface area contributed by atoms with Gasteiger partial charge in [0.2, 0.25) is 10.5 Å². The third-order valence-corrected chi connectivity index (χ3v) is 6.32. The van der Waals surface area contributed by atoms with Gasteiger partial charge in [-0.2, -0.15) is 0 Å². The lowest BCUT2D eigenvalue weighted by molar-refractivity contribution is 0.190. The smallest absolute Gasteiger partial charge is 0.262 e. The van der Waals surface area contributed by atoms with Crippen LogP contribution in [0.1, 0.15) is 38.8 Å². The maximum absolute atomic E-state index is 13.5. The fourth-order valence-corrected chi connectivity index (χ4v) is 4.58. The van der Waals surface area contributed by atoms with Gasteiger partial charge in [-0.25, -0.2) is 9.07 Å². The van der Waals surface area contributed by atoms with Crippen LogP contribution in [0.5, 0.6) is 0 Å². The van der Waals surface area contributed by atoms with Gasteiger partial charge in [0.1, 0.15) is 5.82 Å². The van der Waals surface area contributed by atoms with Gasteiger partial charge in [-0.1, -0.05) is 45.0 Å². The molecule has 4 rings (SSSR count). The molecular weight excluding hydrogens is 453 g/mol. The van der Waals surface area contributed by atoms with Crippen molar-refractivity contribution >= 4 is 28.9 Å². The van der Waals surface area contributed by atoms with Gasteiger partial charge >= 0.3 is 0 Å². The van der Waals surface area contributed by atoms with Crippen LogP contribution < -0.4 is 10.9 Å². The Kier molecular flexibility index (Phi) is 6.97. The number of nitrogens with zero attached hydrogens (tertiary/aromatic N) is 4. The maximum atomic E-state index is 13.5. The molecule has 180 valence electrons. The monoisotopic (exact) mass is 483 g/mol. The van der Waals surface area contributed by atoms with Crippen molar-refractivity contribution in [3.8, 4) is 0 Å². The van der Waals surface area contributed by atoms with E-state index in [2.05, 4.69) is 26.1 Å². The summed E-state index contributed by atoms with van der Waals surface area (Å²) in [7, 11) is 1.64. The van der Waals surface area contributed by atoms with Crippen LogP contribution in [-0.4, -0.2) is 32.5 Å². The molecule has 1 atom stereocenters. The Bertz CT molecular complexity index is 1420. The van der Waals surface area contributed by atoms with Gasteiger partial charge in [0, 0.05) is 26.3 Å². The standard InChI is InChI=1S/C25H30FN5O2S/c1-25(2,3)21(17-10-12-18(26)13-11-17)27-16-30-24(34)31-20-9-6-5-8-19(20)22(32)29(23(31)28-30)14-7-15-33-4/h5-6,8-13,21,27H,7,14-16H2,1-4H3. The van der Waals surface area contributed by atoms with E-state index >= 15 is 0 Å². The Morgan fingerprint density at radius 2 is 1.85 bits per heavy atom. The number of para-hydroxylation sites is 1. The van der Waals surface area contributed by atoms with Gasteiger partial charge < -0.3 is 4.74 Å². The Hall–Kier alpha value is -2.88. The van der Waals surface area contributed by atoms with Gasteiger partial charge in [0.05, 0.1) is 17.6 Å². The minimum atomic E-state index is -0.266. The van der Waals surface area contributed by atoms with Gasteiger partial charge in [-0.05, 0) is 53.9 Å². The van der Waals surface area contributed by atoms with Crippen molar-refractivity contribution in [1.29, 1.82) is 0 Å². The number of rotatable bonds is 8. The predicted octanol–water partition coefficient (Wildman–Crippen LogP) is 4.69. The molecule has 2 aromatic carbocycles. The first-order valence-electron chi connectivity index (χ1n) is 11.3. The first-order valence-corrected chi connectivity index (χ1v) is 11.7. The molecule has 0 amide bonds. The van der Waals surface area contributed by atoms with Crippen LogP contribution in [0.2, 0.25) is 0 Å². The quantitative estimate of drug-likeness (QED) is 0.291. The highest BCUT2D eigenvalue weighted by molar-refractivity contribution is 7.71. The number of nitrogens with one attached hydrogen (secondary N) is 1. The van der Waals surface area contributed by atoms with Gasteiger partial charge in [-0.15, -0.1) is 5.10 Å². The van der Waals surface area contributed by atoms with Crippen LogP contribution in [0.4, 0.5) is 4.39 Å². The summed E-state index contributed by atoms with van der Waals surface area (Å²) in [5.74, 6) is 0.234. The van der Waals surface area contributed by atoms with Crippen LogP contribution in [0, 0.1) is 16.0 Å². The second-order valence-corrected chi connectivity index (χ2v) is 9.82. The molecule has 0 aliphatic rings. The Morgan fingerprint density at radius 1 is 1.15 bits per heavy atom. The lowest BCUT2D eigenvalue weighted by atomic mass is 9.82. The molecule has 0 fully saturated rings. The predicted molar refractivity (Wildman–Crippen MR) is 134 cm³/mol. The second kappa shape index (κ2) is 9.77. The third-order valence-electron chi connectivity index (χ3n) is 5.93. The minimum Gasteiger partial charge on any atom is -0.385 e. The van der Waals surface area contributed by atoms with Crippen molar-refractivity contribution in [1.82, 2.24) is 24.1 Å². The molecule has 0 bridgehead atoms. The number of hydrogen-bond donors (Lipinski definition) is 1. The number of benzene rings is 2. The highest BCUT2D eigenvalue weighted by Gasteiger charge is 2.26. The molecule has 0 saturated carbocycles. The summed E-state index contributed by atoms with van der Waals surface area (Å²) >= 11 is 5.81. The summed E-state index contributed by atoms with van der Waals surface area (Å²) < 4.78 is 24.4. The first kappa shape index (κ1) is 24.3. The molecule has 34 heavy (non-hydrogen) atoms. The summed E-state index contributed by atoms with van der Waals surface area (Å²) in [6.45, 7) is 7.72. The van der Waals surface area contributed by atoms with Gasteiger partial charge in [-0.3, -0.25) is 19.1 Å². The van der Waals surface area contributed by atoms with Crippen molar-refractivity contribution < 1.29 is 9.13 Å². The Morgan fingerprint density at radius 3 is 2.53 bits per heavy atom.